The Bertz CT molecular complexity index is 2140. The molecule has 0 spiro atoms. The fourth-order valence-electron chi connectivity index (χ4n) is 7.79. The molecule has 1 N–H and O–H groups in total. The number of aliphatic hydroxyl groups is 1. The van der Waals surface area contributed by atoms with E-state index in [4.69, 9.17) is 9.47 Å². The Morgan fingerprint density at radius 1 is 0.696 bits per heavy atom. The van der Waals surface area contributed by atoms with Gasteiger partial charge >= 0.3 is 323 Å². The van der Waals surface area contributed by atoms with Crippen LogP contribution in [0.25, 0.3) is 0 Å². The number of aliphatic hydroxyl groups excluding tert-OH is 1. The molecule has 56 heavy (non-hydrogen) atoms. The van der Waals surface area contributed by atoms with Crippen molar-refractivity contribution in [1.29, 1.82) is 0 Å². The van der Waals surface area contributed by atoms with Crippen LogP contribution in [0.1, 0.15) is 24.5 Å². The standard InChI is InChI=1S/C42H40N3O10P/c1-30(41(48)54-27-31-15-11-13-23-36(31)44(50)51)39-38(25-26-46)43(40(39)47)29-56(33-17-5-2-6-18-33,34-19-7-3-8-20-34,35-21-9-4-10-22-35)42(49)55-28-32-16-12-14-24-37(32)45(52)53/h2-24,30,38-39,46H,25-29H2,1H3. The number of carbonyl (C=O) groups excluding carboxylic acids is 3. The second kappa shape index (κ2) is 16.6. The van der Waals surface area contributed by atoms with E-state index in [0.29, 0.717) is 15.9 Å². The molecule has 13 nitrogen and oxygen atoms in total. The monoisotopic (exact) mass is 777 g/mol. The van der Waals surface area contributed by atoms with Crippen LogP contribution < -0.4 is 15.9 Å². The van der Waals surface area contributed by atoms with E-state index in [0.717, 1.165) is 0 Å². The average Bonchev–Trinajstić information content (AvgIpc) is 3.23. The van der Waals surface area contributed by atoms with E-state index in [2.05, 4.69) is 0 Å². The summed E-state index contributed by atoms with van der Waals surface area (Å²) in [5.41, 5.74) is -0.736. The summed E-state index contributed by atoms with van der Waals surface area (Å²) in [6, 6.07) is 38.2. The second-order valence-electron chi connectivity index (χ2n) is 13.6. The molecule has 14 heteroatoms. The van der Waals surface area contributed by atoms with Crippen molar-refractivity contribution in [2.45, 2.75) is 32.6 Å². The van der Waals surface area contributed by atoms with Crippen molar-refractivity contribution in [2.75, 3.05) is 12.9 Å². The van der Waals surface area contributed by atoms with E-state index in [1.807, 2.05) is 36.4 Å². The van der Waals surface area contributed by atoms with Gasteiger partial charge in [-0.3, -0.25) is 0 Å². The van der Waals surface area contributed by atoms with Crippen LogP contribution in [0.4, 0.5) is 16.2 Å². The molecule has 1 amide bonds. The zero-order valence-corrected chi connectivity index (χ0v) is 31.4. The summed E-state index contributed by atoms with van der Waals surface area (Å²) in [7, 11) is 0. The van der Waals surface area contributed by atoms with E-state index in [9.17, 15) is 34.9 Å². The van der Waals surface area contributed by atoms with E-state index in [1.54, 1.807) is 73.7 Å². The van der Waals surface area contributed by atoms with Crippen molar-refractivity contribution < 1.29 is 38.8 Å². The van der Waals surface area contributed by atoms with E-state index < -0.39 is 58.5 Å². The second-order valence-corrected chi connectivity index (χ2v) is 18.4. The summed E-state index contributed by atoms with van der Waals surface area (Å²) in [4.78, 5) is 67.7. The first-order valence-electron chi connectivity index (χ1n) is 17.9. The van der Waals surface area contributed by atoms with Gasteiger partial charge in [0.25, 0.3) is 0 Å². The van der Waals surface area contributed by atoms with Crippen LogP contribution in [0.15, 0.2) is 140 Å². The molecule has 1 aliphatic rings. The molecule has 6 rings (SSSR count). The summed E-state index contributed by atoms with van der Waals surface area (Å²) in [6.07, 6.45) is -0.147. The van der Waals surface area contributed by atoms with Gasteiger partial charge in [-0.05, 0) is 0 Å². The van der Waals surface area contributed by atoms with Gasteiger partial charge in [0.15, 0.2) is 0 Å². The van der Waals surface area contributed by atoms with Gasteiger partial charge in [0, 0.05) is 0 Å². The molecule has 1 saturated heterocycles. The van der Waals surface area contributed by atoms with Crippen LogP contribution in [0, 0.1) is 32.1 Å². The molecule has 3 atom stereocenters. The number of amides is 1. The van der Waals surface area contributed by atoms with Crippen molar-refractivity contribution in [3.05, 3.63) is 171 Å². The number of esters is 1. The molecule has 0 radical (unpaired) electrons. The van der Waals surface area contributed by atoms with Crippen molar-refractivity contribution in [3.8, 4) is 0 Å². The predicted molar refractivity (Wildman–Crippen MR) is 211 cm³/mol. The molecule has 1 aliphatic heterocycles. The first-order valence-corrected chi connectivity index (χ1v) is 20.3. The minimum atomic E-state index is -4.72. The van der Waals surface area contributed by atoms with Crippen LogP contribution in [-0.2, 0) is 32.3 Å². The summed E-state index contributed by atoms with van der Waals surface area (Å²) in [6.45, 7) is -4.34. The summed E-state index contributed by atoms with van der Waals surface area (Å²) in [5, 5.41) is 35.5. The third-order valence-electron chi connectivity index (χ3n) is 10.6. The van der Waals surface area contributed by atoms with Gasteiger partial charge in [-0.25, -0.2) is 0 Å². The first-order chi connectivity index (χ1) is 27.0. The van der Waals surface area contributed by atoms with Gasteiger partial charge in [0.1, 0.15) is 0 Å². The van der Waals surface area contributed by atoms with Gasteiger partial charge in [0.05, 0.1) is 0 Å². The zero-order chi connectivity index (χ0) is 39.9. The summed E-state index contributed by atoms with van der Waals surface area (Å²) < 4.78 is 11.8. The maximum absolute atomic E-state index is 15.7. The van der Waals surface area contributed by atoms with E-state index >= 15 is 4.79 Å². The molecule has 288 valence electrons. The van der Waals surface area contributed by atoms with Crippen molar-refractivity contribution >= 4 is 51.5 Å². The third-order valence-corrected chi connectivity index (χ3v) is 16.8. The van der Waals surface area contributed by atoms with Crippen LogP contribution in [0.3, 0.4) is 0 Å². The van der Waals surface area contributed by atoms with Crippen molar-refractivity contribution in [2.24, 2.45) is 11.8 Å². The number of ether oxygens (including phenoxy) is 2. The van der Waals surface area contributed by atoms with Gasteiger partial charge in [-0.2, -0.15) is 0 Å². The number of likely N-dealkylation sites (tertiary alicyclic amines) is 1. The number of rotatable bonds is 16. The minimum absolute atomic E-state index is 0.0638. The molecule has 3 unspecified atom stereocenters. The van der Waals surface area contributed by atoms with Gasteiger partial charge < -0.3 is 0 Å². The Kier molecular flexibility index (Phi) is 11.7. The third kappa shape index (κ3) is 6.91. The molecule has 1 heterocycles. The quantitative estimate of drug-likeness (QED) is 0.0398. The van der Waals surface area contributed by atoms with Crippen LogP contribution in [0.2, 0.25) is 0 Å². The number of benzene rings is 5. The molecule has 0 saturated carbocycles. The number of carbonyl (C=O) groups is 3. The SMILES string of the molecule is CC(C(=O)OCc1ccccc1[N+](=O)[O-])C1C(=O)N(CP(C(=O)OCc2ccccc2[N+](=O)[O-])(c2ccccc2)(c2ccccc2)c2ccccc2)C1CCO. The summed E-state index contributed by atoms with van der Waals surface area (Å²) in [5.74, 6) is -3.17. The number of hydrogen-bond acceptors (Lipinski definition) is 10. The zero-order valence-electron chi connectivity index (χ0n) is 30.5. The van der Waals surface area contributed by atoms with Gasteiger partial charge in [-0.1, -0.05) is 0 Å². The van der Waals surface area contributed by atoms with Gasteiger partial charge in [0.2, 0.25) is 0 Å². The number of nitro groups is 2. The molecule has 1 fully saturated rings. The molecule has 0 bridgehead atoms. The number of nitrogens with zero attached hydrogens (tertiary/aromatic N) is 3. The topological polar surface area (TPSA) is 179 Å². The molecule has 5 aromatic rings. The number of β-lactam (4-membered cyclic amide) rings is 1. The van der Waals surface area contributed by atoms with Crippen molar-refractivity contribution in [1.82, 2.24) is 4.90 Å². The Hall–Kier alpha value is -6.30. The summed E-state index contributed by atoms with van der Waals surface area (Å²) >= 11 is 0. The Morgan fingerprint density at radius 3 is 1.54 bits per heavy atom. The number of nitro benzene ring substituents is 2. The Morgan fingerprint density at radius 2 is 1.11 bits per heavy atom. The number of hydrogen-bond donors (Lipinski definition) is 1. The van der Waals surface area contributed by atoms with Crippen LogP contribution in [0.5, 0.6) is 0 Å². The van der Waals surface area contributed by atoms with Gasteiger partial charge in [-0.15, -0.1) is 0 Å². The molecule has 0 aromatic heterocycles. The molecular formula is C42H40N3O10P. The van der Waals surface area contributed by atoms with Crippen LogP contribution >= 0.6 is 6.60 Å². The fourth-order valence-corrected chi connectivity index (χ4v) is 13.7. The predicted octanol–water partition coefficient (Wildman–Crippen LogP) is 6.22. The molecular weight excluding hydrogens is 737 g/mol. The molecule has 5 aromatic carbocycles. The first kappa shape index (κ1) is 39.4. The Balaban J connectivity index is 1.46. The van der Waals surface area contributed by atoms with Crippen molar-refractivity contribution in [3.63, 3.8) is 0 Å². The number of para-hydroxylation sites is 2. The Labute approximate surface area is 322 Å². The van der Waals surface area contributed by atoms with Crippen LogP contribution in [-0.4, -0.2) is 56.4 Å². The molecule has 0 aliphatic carbocycles. The van der Waals surface area contributed by atoms with E-state index in [-0.39, 0.29) is 48.4 Å². The van der Waals surface area contributed by atoms with E-state index in [1.165, 1.54) is 41.3 Å². The fraction of sp³-hybridized carbons (Fsp3) is 0.214. The normalized spacial score (nSPS) is 16.4. The maximum atomic E-state index is 15.7. The average molecular weight is 778 g/mol.